The average Bonchev–Trinajstić information content (AvgIpc) is 3.48. The van der Waals surface area contributed by atoms with Crippen LogP contribution in [-0.2, 0) is 17.0 Å². The van der Waals surface area contributed by atoms with Gasteiger partial charge in [-0.15, -0.1) is 0 Å². The van der Waals surface area contributed by atoms with Crippen molar-refractivity contribution in [2.24, 2.45) is 0 Å². The van der Waals surface area contributed by atoms with Crippen LogP contribution in [0.4, 0.5) is 27.6 Å². The molecule has 3 aromatic rings. The van der Waals surface area contributed by atoms with E-state index in [2.05, 4.69) is 9.97 Å². The lowest BCUT2D eigenvalue weighted by Crippen LogP contribution is -2.38. The van der Waals surface area contributed by atoms with E-state index in [9.17, 15) is 26.7 Å². The van der Waals surface area contributed by atoms with E-state index in [0.29, 0.717) is 27.5 Å². The standard InChI is InChI=1S/C22H19F5N4O2S/c23-15-4-1-12(5-13(15)6-18(32)33)9-34-20-28-7-16-19(29-20)17(8-31(16)14-2-3-14)30-10-21(24,25)22(26,27)11-30/h1,4-5,7-8,14H,2-3,6,9-11H2,(H,32,33). The monoisotopic (exact) mass is 498 g/mol. The molecule has 0 bridgehead atoms. The summed E-state index contributed by atoms with van der Waals surface area (Å²) in [5, 5.41) is 9.22. The van der Waals surface area contributed by atoms with Crippen molar-refractivity contribution < 1.29 is 31.9 Å². The topological polar surface area (TPSA) is 71.2 Å². The number of anilines is 1. The van der Waals surface area contributed by atoms with E-state index in [1.165, 1.54) is 30.0 Å². The number of aliphatic carboxylic acids is 1. The van der Waals surface area contributed by atoms with Gasteiger partial charge >= 0.3 is 17.8 Å². The Morgan fingerprint density at radius 3 is 2.53 bits per heavy atom. The molecule has 6 nitrogen and oxygen atoms in total. The van der Waals surface area contributed by atoms with Gasteiger partial charge in [0.2, 0.25) is 0 Å². The van der Waals surface area contributed by atoms with Crippen LogP contribution in [0.2, 0.25) is 0 Å². The zero-order valence-corrected chi connectivity index (χ0v) is 18.5. The minimum atomic E-state index is -4.14. The second kappa shape index (κ2) is 8.10. The van der Waals surface area contributed by atoms with Crippen molar-refractivity contribution in [2.75, 3.05) is 18.0 Å². The molecule has 0 atom stereocenters. The molecule has 3 heterocycles. The molecule has 1 saturated carbocycles. The molecule has 5 rings (SSSR count). The van der Waals surface area contributed by atoms with Crippen molar-refractivity contribution in [3.63, 3.8) is 0 Å². The Bertz CT molecular complexity index is 1260. The number of carbonyl (C=O) groups is 1. The minimum absolute atomic E-state index is 0.0571. The van der Waals surface area contributed by atoms with Crippen molar-refractivity contribution in [1.82, 2.24) is 14.5 Å². The van der Waals surface area contributed by atoms with Crippen molar-refractivity contribution in [3.8, 4) is 0 Å². The Balaban J connectivity index is 1.43. The summed E-state index contributed by atoms with van der Waals surface area (Å²) in [6.07, 6.45) is 4.50. The van der Waals surface area contributed by atoms with Gasteiger partial charge in [-0.1, -0.05) is 23.9 Å². The van der Waals surface area contributed by atoms with Crippen molar-refractivity contribution in [3.05, 3.63) is 47.5 Å². The average molecular weight is 498 g/mol. The Morgan fingerprint density at radius 1 is 1.18 bits per heavy atom. The molecule has 2 aliphatic rings. The van der Waals surface area contributed by atoms with E-state index >= 15 is 0 Å². The Hall–Kier alpha value is -2.89. The summed E-state index contributed by atoms with van der Waals surface area (Å²) in [4.78, 5) is 20.7. The second-order valence-corrected chi connectivity index (χ2v) is 9.53. The number of nitrogens with zero attached hydrogens (tertiary/aromatic N) is 4. The highest BCUT2D eigenvalue weighted by Crippen LogP contribution is 2.46. The number of halogens is 5. The highest BCUT2D eigenvalue weighted by Gasteiger charge is 2.63. The fourth-order valence-corrected chi connectivity index (χ4v) is 4.81. The molecule has 2 fully saturated rings. The first kappa shape index (κ1) is 22.9. The number of aromatic nitrogens is 3. The number of hydrogen-bond donors (Lipinski definition) is 1. The van der Waals surface area contributed by atoms with Gasteiger partial charge < -0.3 is 14.6 Å². The van der Waals surface area contributed by atoms with Gasteiger partial charge in [0, 0.05) is 18.0 Å². The van der Waals surface area contributed by atoms with Crippen LogP contribution >= 0.6 is 11.8 Å². The Morgan fingerprint density at radius 2 is 1.88 bits per heavy atom. The molecule has 0 spiro atoms. The van der Waals surface area contributed by atoms with Gasteiger partial charge in [0.05, 0.1) is 36.9 Å². The van der Waals surface area contributed by atoms with Gasteiger partial charge in [0.25, 0.3) is 0 Å². The number of hydrogen-bond acceptors (Lipinski definition) is 5. The maximum atomic E-state index is 13.9. The van der Waals surface area contributed by atoms with E-state index in [1.54, 1.807) is 12.4 Å². The maximum Gasteiger partial charge on any atom is 0.329 e. The summed E-state index contributed by atoms with van der Waals surface area (Å²) < 4.78 is 71.1. The van der Waals surface area contributed by atoms with Gasteiger partial charge in [-0.3, -0.25) is 4.79 Å². The van der Waals surface area contributed by atoms with Gasteiger partial charge in [-0.05, 0) is 30.0 Å². The number of rotatable bonds is 7. The quantitative estimate of drug-likeness (QED) is 0.284. The van der Waals surface area contributed by atoms with Gasteiger partial charge in [0.15, 0.2) is 5.16 Å². The summed E-state index contributed by atoms with van der Waals surface area (Å²) in [5.41, 5.74) is 1.84. The number of alkyl halides is 4. The predicted octanol–water partition coefficient (Wildman–Crippen LogP) is 4.92. The molecule has 0 amide bonds. The van der Waals surface area contributed by atoms with Crippen molar-refractivity contribution >= 4 is 34.5 Å². The normalized spacial score (nSPS) is 19.1. The number of carboxylic acids is 1. The molecule has 1 aliphatic heterocycles. The second-order valence-electron chi connectivity index (χ2n) is 8.59. The van der Waals surface area contributed by atoms with Crippen LogP contribution in [0, 0.1) is 5.82 Å². The van der Waals surface area contributed by atoms with Crippen LogP contribution in [0.1, 0.15) is 30.0 Å². The third kappa shape index (κ3) is 4.19. The lowest BCUT2D eigenvalue weighted by atomic mass is 10.1. The molecule has 180 valence electrons. The molecule has 1 N–H and O–H groups in total. The first-order valence-electron chi connectivity index (χ1n) is 10.5. The SMILES string of the molecule is O=C(O)Cc1cc(CSc2ncc3c(n2)c(N2CC(F)(F)C(F)(F)C2)cn3C2CC2)ccc1F. The van der Waals surface area contributed by atoms with Crippen LogP contribution in [0.3, 0.4) is 0 Å². The first-order valence-corrected chi connectivity index (χ1v) is 11.5. The van der Waals surface area contributed by atoms with Crippen LogP contribution in [0.25, 0.3) is 11.0 Å². The van der Waals surface area contributed by atoms with Crippen molar-refractivity contribution in [1.29, 1.82) is 0 Å². The maximum absolute atomic E-state index is 13.9. The zero-order chi connectivity index (χ0) is 24.3. The molecule has 2 aromatic heterocycles. The molecule has 34 heavy (non-hydrogen) atoms. The summed E-state index contributed by atoms with van der Waals surface area (Å²) in [6.45, 7) is -2.20. The Kier molecular flexibility index (Phi) is 5.45. The highest BCUT2D eigenvalue weighted by molar-refractivity contribution is 7.98. The van der Waals surface area contributed by atoms with E-state index in [-0.39, 0.29) is 17.3 Å². The number of thioether (sulfide) groups is 1. The number of fused-ring (bicyclic) bond motifs is 1. The molecular formula is C22H19F5N4O2S. The van der Waals surface area contributed by atoms with Gasteiger partial charge in [0.1, 0.15) is 11.3 Å². The van der Waals surface area contributed by atoms with Crippen LogP contribution in [0.5, 0.6) is 0 Å². The minimum Gasteiger partial charge on any atom is -0.481 e. The van der Waals surface area contributed by atoms with Crippen molar-refractivity contribution in [2.45, 2.75) is 48.1 Å². The molecular weight excluding hydrogens is 479 g/mol. The Labute approximate surface area is 194 Å². The fraction of sp³-hybridized carbons (Fsp3) is 0.409. The summed E-state index contributed by atoms with van der Waals surface area (Å²) >= 11 is 1.19. The van der Waals surface area contributed by atoms with Crippen LogP contribution < -0.4 is 4.90 Å². The molecule has 1 aliphatic carbocycles. The van der Waals surface area contributed by atoms with Gasteiger partial charge in [-0.25, -0.2) is 14.4 Å². The summed E-state index contributed by atoms with van der Waals surface area (Å²) in [5.74, 6) is -9.73. The molecule has 0 unspecified atom stereocenters. The van der Waals surface area contributed by atoms with E-state index in [1.807, 2.05) is 4.57 Å². The molecule has 0 radical (unpaired) electrons. The van der Waals surface area contributed by atoms with E-state index in [4.69, 9.17) is 5.11 Å². The summed E-state index contributed by atoms with van der Waals surface area (Å²) in [7, 11) is 0. The lowest BCUT2D eigenvalue weighted by Gasteiger charge is -2.15. The van der Waals surface area contributed by atoms with E-state index < -0.39 is 43.1 Å². The smallest absolute Gasteiger partial charge is 0.329 e. The zero-order valence-electron chi connectivity index (χ0n) is 17.6. The van der Waals surface area contributed by atoms with Crippen LogP contribution in [0.15, 0.2) is 35.7 Å². The highest BCUT2D eigenvalue weighted by atomic mass is 32.2. The van der Waals surface area contributed by atoms with E-state index in [0.717, 1.165) is 17.7 Å². The van der Waals surface area contributed by atoms with Gasteiger partial charge in [-0.2, -0.15) is 17.6 Å². The molecule has 1 saturated heterocycles. The third-order valence-electron chi connectivity index (χ3n) is 5.94. The lowest BCUT2D eigenvalue weighted by molar-refractivity contribution is -0.172. The fourth-order valence-electron chi connectivity index (χ4n) is 4.06. The number of carboxylic acid groups (broad SMARTS) is 1. The largest absolute Gasteiger partial charge is 0.481 e. The summed E-state index contributed by atoms with van der Waals surface area (Å²) in [6, 6.07) is 4.34. The predicted molar refractivity (Wildman–Crippen MR) is 115 cm³/mol. The third-order valence-corrected chi connectivity index (χ3v) is 6.88. The number of benzene rings is 1. The molecule has 12 heteroatoms. The first-order chi connectivity index (χ1) is 16.0. The van der Waals surface area contributed by atoms with Crippen LogP contribution in [-0.4, -0.2) is 50.5 Å². The molecule has 1 aromatic carbocycles.